The number of fused-ring (bicyclic) bond motifs is 3. The molecular weight excluding hydrogens is 230 g/mol. The number of rotatable bonds is 1. The Morgan fingerprint density at radius 3 is 2.41 bits per heavy atom. The van der Waals surface area contributed by atoms with Gasteiger partial charge in [0.15, 0.2) is 0 Å². The van der Waals surface area contributed by atoms with Crippen molar-refractivity contribution in [1.29, 1.82) is 0 Å². The van der Waals surface area contributed by atoms with Gasteiger partial charge in [0.25, 0.3) is 0 Å². The minimum atomic E-state index is -0.0369. The van der Waals surface area contributed by atoms with Crippen LogP contribution in [0, 0.1) is 0 Å². The van der Waals surface area contributed by atoms with Gasteiger partial charge in [0.2, 0.25) is 0 Å². The summed E-state index contributed by atoms with van der Waals surface area (Å²) in [5.41, 5.74) is 12.5. The predicted octanol–water partition coefficient (Wildman–Crippen LogP) is 3.93. The number of hydrogen-bond acceptors (Lipinski definition) is 1. The fraction of sp³-hybridized carbons (Fsp3) is 0.200. The van der Waals surface area contributed by atoms with Gasteiger partial charge in [0.1, 0.15) is 0 Å². The Bertz CT molecular complexity index is 589. The largest absolute Gasteiger partial charge is 0.320 e. The van der Waals surface area contributed by atoms with Gasteiger partial charge >= 0.3 is 0 Å². The van der Waals surface area contributed by atoms with E-state index in [1.807, 2.05) is 12.1 Å². The highest BCUT2D eigenvalue weighted by Gasteiger charge is 2.25. The van der Waals surface area contributed by atoms with E-state index in [-0.39, 0.29) is 6.04 Å². The second-order valence-electron chi connectivity index (χ2n) is 4.48. The molecule has 2 heteroatoms. The lowest BCUT2D eigenvalue weighted by Gasteiger charge is -2.07. The van der Waals surface area contributed by atoms with E-state index in [1.165, 1.54) is 22.3 Å². The molecule has 2 N–H and O–H groups in total. The molecule has 0 saturated carbocycles. The summed E-state index contributed by atoms with van der Waals surface area (Å²) in [5, 5.41) is 0.753. The Labute approximate surface area is 106 Å². The summed E-state index contributed by atoms with van der Waals surface area (Å²) in [6.07, 6.45) is 1.04. The molecule has 3 rings (SSSR count). The summed E-state index contributed by atoms with van der Waals surface area (Å²) in [6, 6.07) is 12.5. The summed E-state index contributed by atoms with van der Waals surface area (Å²) in [7, 11) is 0. The molecule has 2 aromatic rings. The first-order chi connectivity index (χ1) is 8.20. The molecule has 0 heterocycles. The zero-order chi connectivity index (χ0) is 12.0. The quantitative estimate of drug-likeness (QED) is 0.807. The molecule has 0 aromatic heterocycles. The summed E-state index contributed by atoms with van der Waals surface area (Å²) < 4.78 is 0. The van der Waals surface area contributed by atoms with Crippen LogP contribution in [-0.2, 0) is 6.42 Å². The maximum Gasteiger partial charge on any atom is 0.0564 e. The Balaban J connectivity index is 2.23. The SMILES string of the molecule is CCc1ccc2c(c1)C(N)c1cc(Cl)ccc1-2. The van der Waals surface area contributed by atoms with Crippen LogP contribution in [0.4, 0.5) is 0 Å². The molecular formula is C15H14ClN. The van der Waals surface area contributed by atoms with Crippen LogP contribution in [0.15, 0.2) is 36.4 Å². The first kappa shape index (κ1) is 10.8. The summed E-state index contributed by atoms with van der Waals surface area (Å²) in [4.78, 5) is 0. The van der Waals surface area contributed by atoms with Crippen LogP contribution in [-0.4, -0.2) is 0 Å². The third-order valence-corrected chi connectivity index (χ3v) is 3.73. The van der Waals surface area contributed by atoms with Gasteiger partial charge in [-0.25, -0.2) is 0 Å². The minimum absolute atomic E-state index is 0.0369. The van der Waals surface area contributed by atoms with E-state index in [0.29, 0.717) is 0 Å². The van der Waals surface area contributed by atoms with Crippen molar-refractivity contribution in [1.82, 2.24) is 0 Å². The molecule has 0 amide bonds. The van der Waals surface area contributed by atoms with E-state index in [1.54, 1.807) is 0 Å². The van der Waals surface area contributed by atoms with Gasteiger partial charge in [-0.1, -0.05) is 42.8 Å². The molecule has 0 saturated heterocycles. The van der Waals surface area contributed by atoms with Crippen LogP contribution >= 0.6 is 11.6 Å². The van der Waals surface area contributed by atoms with Crippen LogP contribution < -0.4 is 5.73 Å². The van der Waals surface area contributed by atoms with Crippen LogP contribution in [0.25, 0.3) is 11.1 Å². The van der Waals surface area contributed by atoms with Gasteiger partial charge in [-0.05, 0) is 46.4 Å². The maximum absolute atomic E-state index is 6.29. The molecule has 17 heavy (non-hydrogen) atoms. The van der Waals surface area contributed by atoms with Gasteiger partial charge < -0.3 is 5.73 Å². The molecule has 1 atom stereocenters. The van der Waals surface area contributed by atoms with E-state index in [0.717, 1.165) is 17.0 Å². The predicted molar refractivity (Wildman–Crippen MR) is 72.3 cm³/mol. The van der Waals surface area contributed by atoms with Gasteiger partial charge in [-0.3, -0.25) is 0 Å². The smallest absolute Gasteiger partial charge is 0.0564 e. The molecule has 86 valence electrons. The van der Waals surface area contributed by atoms with E-state index in [9.17, 15) is 0 Å². The highest BCUT2D eigenvalue weighted by atomic mass is 35.5. The molecule has 1 aliphatic rings. The highest BCUT2D eigenvalue weighted by Crippen LogP contribution is 2.43. The van der Waals surface area contributed by atoms with Crippen molar-refractivity contribution in [2.45, 2.75) is 19.4 Å². The third kappa shape index (κ3) is 1.58. The van der Waals surface area contributed by atoms with Gasteiger partial charge in [-0.2, -0.15) is 0 Å². The van der Waals surface area contributed by atoms with Crippen molar-refractivity contribution in [2.75, 3.05) is 0 Å². The number of halogens is 1. The van der Waals surface area contributed by atoms with Crippen molar-refractivity contribution in [3.63, 3.8) is 0 Å². The van der Waals surface area contributed by atoms with E-state index < -0.39 is 0 Å². The van der Waals surface area contributed by atoms with Gasteiger partial charge in [-0.15, -0.1) is 0 Å². The number of hydrogen-bond donors (Lipinski definition) is 1. The number of nitrogens with two attached hydrogens (primary N) is 1. The summed E-state index contributed by atoms with van der Waals surface area (Å²) in [6.45, 7) is 2.16. The van der Waals surface area contributed by atoms with Crippen molar-refractivity contribution in [3.8, 4) is 11.1 Å². The Kier molecular flexibility index (Phi) is 2.46. The molecule has 0 fully saturated rings. The van der Waals surface area contributed by atoms with E-state index in [2.05, 4.69) is 31.2 Å². The van der Waals surface area contributed by atoms with Crippen molar-refractivity contribution in [2.24, 2.45) is 5.73 Å². The minimum Gasteiger partial charge on any atom is -0.320 e. The fourth-order valence-corrected chi connectivity index (χ4v) is 2.72. The Morgan fingerprint density at radius 1 is 1.06 bits per heavy atom. The van der Waals surface area contributed by atoms with Crippen molar-refractivity contribution >= 4 is 11.6 Å². The summed E-state index contributed by atoms with van der Waals surface area (Å²) >= 11 is 6.03. The molecule has 0 bridgehead atoms. The van der Waals surface area contributed by atoms with Crippen LogP contribution in [0.1, 0.15) is 29.7 Å². The molecule has 0 radical (unpaired) electrons. The Hall–Kier alpha value is -1.31. The first-order valence-corrected chi connectivity index (χ1v) is 6.26. The monoisotopic (exact) mass is 243 g/mol. The summed E-state index contributed by atoms with van der Waals surface area (Å²) in [5.74, 6) is 0. The zero-order valence-corrected chi connectivity index (χ0v) is 10.5. The lowest BCUT2D eigenvalue weighted by Crippen LogP contribution is -2.08. The fourth-order valence-electron chi connectivity index (χ4n) is 2.54. The van der Waals surface area contributed by atoms with Crippen molar-refractivity contribution < 1.29 is 0 Å². The molecule has 2 aromatic carbocycles. The highest BCUT2D eigenvalue weighted by molar-refractivity contribution is 6.30. The topological polar surface area (TPSA) is 26.0 Å². The molecule has 1 unspecified atom stereocenters. The van der Waals surface area contributed by atoms with Crippen LogP contribution in [0.3, 0.4) is 0 Å². The van der Waals surface area contributed by atoms with E-state index in [4.69, 9.17) is 17.3 Å². The first-order valence-electron chi connectivity index (χ1n) is 5.89. The second kappa shape index (κ2) is 3.86. The molecule has 0 spiro atoms. The maximum atomic E-state index is 6.29. The van der Waals surface area contributed by atoms with Crippen LogP contribution in [0.2, 0.25) is 5.02 Å². The number of benzene rings is 2. The van der Waals surface area contributed by atoms with Crippen molar-refractivity contribution in [3.05, 3.63) is 58.1 Å². The second-order valence-corrected chi connectivity index (χ2v) is 4.92. The average Bonchev–Trinajstić information content (AvgIpc) is 2.62. The van der Waals surface area contributed by atoms with Gasteiger partial charge in [0, 0.05) is 5.02 Å². The standard InChI is InChI=1S/C15H14ClN/c1-2-9-3-5-11-12-6-4-10(16)8-14(12)15(17)13(11)7-9/h3-8,15H,2,17H2,1H3. The number of aryl methyl sites for hydroxylation is 1. The normalized spacial score (nSPS) is 16.8. The molecule has 1 aliphatic carbocycles. The lowest BCUT2D eigenvalue weighted by molar-refractivity contribution is 0.897. The molecule has 0 aliphatic heterocycles. The average molecular weight is 244 g/mol. The molecule has 1 nitrogen and oxygen atoms in total. The zero-order valence-electron chi connectivity index (χ0n) is 9.70. The third-order valence-electron chi connectivity index (χ3n) is 3.50. The lowest BCUT2D eigenvalue weighted by atomic mass is 10.0. The van der Waals surface area contributed by atoms with E-state index >= 15 is 0 Å². The Morgan fingerprint density at radius 2 is 1.71 bits per heavy atom. The van der Waals surface area contributed by atoms with Gasteiger partial charge in [0.05, 0.1) is 6.04 Å². The van der Waals surface area contributed by atoms with Crippen LogP contribution in [0.5, 0.6) is 0 Å².